The van der Waals surface area contributed by atoms with Gasteiger partial charge in [-0.15, -0.1) is 0 Å². The van der Waals surface area contributed by atoms with Crippen LogP contribution in [0.5, 0.6) is 0 Å². The predicted octanol–water partition coefficient (Wildman–Crippen LogP) is 2.73. The second-order valence-corrected chi connectivity index (χ2v) is 4.47. The van der Waals surface area contributed by atoms with Crippen LogP contribution in [0.25, 0.3) is 0 Å². The highest BCUT2D eigenvalue weighted by Gasteiger charge is 2.13. The molecule has 0 aliphatic heterocycles. The van der Waals surface area contributed by atoms with Crippen LogP contribution in [-0.2, 0) is 0 Å². The Balaban J connectivity index is 2.25. The lowest BCUT2D eigenvalue weighted by molar-refractivity contribution is 0.0690. The Labute approximate surface area is 123 Å². The number of halogens is 2. The van der Waals surface area contributed by atoms with E-state index in [0.717, 1.165) is 0 Å². The minimum Gasteiger partial charge on any atom is -0.477 e. The normalized spacial score (nSPS) is 10.1. The van der Waals surface area contributed by atoms with Crippen molar-refractivity contribution in [3.63, 3.8) is 0 Å². The van der Waals surface area contributed by atoms with Gasteiger partial charge in [0.2, 0.25) is 0 Å². The van der Waals surface area contributed by atoms with E-state index in [1.165, 1.54) is 30.6 Å². The Morgan fingerprint density at radius 2 is 1.95 bits per heavy atom. The minimum atomic E-state index is -1.19. The summed E-state index contributed by atoms with van der Waals surface area (Å²) in [5, 5.41) is 11.6. The largest absolute Gasteiger partial charge is 0.477 e. The number of pyridine rings is 2. The maximum atomic E-state index is 12.0. The van der Waals surface area contributed by atoms with E-state index < -0.39 is 11.9 Å². The Kier molecular flexibility index (Phi) is 4.16. The number of carbonyl (C=O) groups excluding carboxylic acids is 1. The van der Waals surface area contributed by atoms with Crippen molar-refractivity contribution in [1.29, 1.82) is 0 Å². The molecule has 0 fully saturated rings. The Hall–Kier alpha value is -2.18. The van der Waals surface area contributed by atoms with Gasteiger partial charge >= 0.3 is 5.97 Å². The lowest BCUT2D eigenvalue weighted by Gasteiger charge is -2.07. The van der Waals surface area contributed by atoms with Crippen molar-refractivity contribution in [2.24, 2.45) is 0 Å². The molecule has 102 valence electrons. The van der Waals surface area contributed by atoms with Crippen molar-refractivity contribution in [2.45, 2.75) is 0 Å². The molecule has 2 heterocycles. The van der Waals surface area contributed by atoms with E-state index in [9.17, 15) is 9.59 Å². The molecular formula is C12H7Cl2N3O3. The van der Waals surface area contributed by atoms with E-state index in [2.05, 4.69) is 15.3 Å². The van der Waals surface area contributed by atoms with Crippen LogP contribution in [-0.4, -0.2) is 27.0 Å². The smallest absolute Gasteiger partial charge is 0.354 e. The van der Waals surface area contributed by atoms with Crippen molar-refractivity contribution in [2.75, 3.05) is 5.32 Å². The number of nitrogens with one attached hydrogen (secondary N) is 1. The molecule has 2 rings (SSSR count). The first kappa shape index (κ1) is 14.2. The summed E-state index contributed by atoms with van der Waals surface area (Å²) < 4.78 is 0. The lowest BCUT2D eigenvalue weighted by Crippen LogP contribution is -2.13. The van der Waals surface area contributed by atoms with E-state index in [1.807, 2.05) is 0 Å². The SMILES string of the molecule is O=C(O)c1cc(NC(=O)c2cc(Cl)ncc2Cl)ccn1. The number of hydrogen-bond donors (Lipinski definition) is 2. The molecule has 0 aromatic carbocycles. The van der Waals surface area contributed by atoms with Gasteiger partial charge in [-0.3, -0.25) is 4.79 Å². The highest BCUT2D eigenvalue weighted by Crippen LogP contribution is 2.19. The first-order valence-corrected chi connectivity index (χ1v) is 6.04. The van der Waals surface area contributed by atoms with E-state index in [4.69, 9.17) is 28.3 Å². The molecule has 2 aromatic heterocycles. The van der Waals surface area contributed by atoms with E-state index in [0.29, 0.717) is 0 Å². The average molecular weight is 312 g/mol. The number of carbonyl (C=O) groups is 2. The number of nitrogens with zero attached hydrogens (tertiary/aromatic N) is 2. The molecule has 0 saturated carbocycles. The van der Waals surface area contributed by atoms with Gasteiger partial charge < -0.3 is 10.4 Å². The van der Waals surface area contributed by atoms with Gasteiger partial charge in [0.25, 0.3) is 5.91 Å². The standard InChI is InChI=1S/C12H7Cl2N3O3/c13-8-5-16-10(14)4-7(8)11(18)17-6-1-2-15-9(3-6)12(19)20/h1-5H,(H,19,20)(H,15,17,18). The molecule has 0 spiro atoms. The number of anilines is 1. The van der Waals surface area contributed by atoms with Crippen molar-refractivity contribution >= 4 is 40.8 Å². The highest BCUT2D eigenvalue weighted by molar-refractivity contribution is 6.35. The summed E-state index contributed by atoms with van der Waals surface area (Å²) >= 11 is 11.5. The maximum absolute atomic E-state index is 12.0. The van der Waals surface area contributed by atoms with Gasteiger partial charge in [0.1, 0.15) is 10.8 Å². The topological polar surface area (TPSA) is 92.2 Å². The molecule has 0 unspecified atom stereocenters. The van der Waals surface area contributed by atoms with Crippen LogP contribution in [0.1, 0.15) is 20.8 Å². The Morgan fingerprint density at radius 1 is 1.20 bits per heavy atom. The molecule has 2 N–H and O–H groups in total. The first-order valence-electron chi connectivity index (χ1n) is 5.29. The molecular weight excluding hydrogens is 305 g/mol. The van der Waals surface area contributed by atoms with Crippen molar-refractivity contribution in [3.8, 4) is 0 Å². The number of carboxylic acids is 1. The summed E-state index contributed by atoms with van der Waals surface area (Å²) in [7, 11) is 0. The van der Waals surface area contributed by atoms with Gasteiger partial charge in [-0.2, -0.15) is 0 Å². The Morgan fingerprint density at radius 3 is 2.65 bits per heavy atom. The second-order valence-electron chi connectivity index (χ2n) is 3.68. The number of aromatic carboxylic acids is 1. The molecule has 20 heavy (non-hydrogen) atoms. The number of aromatic nitrogens is 2. The van der Waals surface area contributed by atoms with E-state index >= 15 is 0 Å². The fraction of sp³-hybridized carbons (Fsp3) is 0. The van der Waals surface area contributed by atoms with Gasteiger partial charge in [0.15, 0.2) is 0 Å². The average Bonchev–Trinajstić information content (AvgIpc) is 2.41. The molecule has 0 radical (unpaired) electrons. The van der Waals surface area contributed by atoms with Crippen molar-refractivity contribution in [3.05, 3.63) is 52.0 Å². The number of carboxylic acid groups (broad SMARTS) is 1. The van der Waals surface area contributed by atoms with Gasteiger partial charge in [-0.05, 0) is 18.2 Å². The highest BCUT2D eigenvalue weighted by atomic mass is 35.5. The zero-order valence-corrected chi connectivity index (χ0v) is 11.3. The number of amides is 1. The van der Waals surface area contributed by atoms with E-state index in [1.54, 1.807) is 0 Å². The third-order valence-corrected chi connectivity index (χ3v) is 2.81. The van der Waals surface area contributed by atoms with Crippen LogP contribution in [0.15, 0.2) is 30.6 Å². The molecule has 6 nitrogen and oxygen atoms in total. The maximum Gasteiger partial charge on any atom is 0.354 e. The van der Waals surface area contributed by atoms with Crippen LogP contribution in [0, 0.1) is 0 Å². The lowest BCUT2D eigenvalue weighted by atomic mass is 10.2. The molecule has 2 aromatic rings. The van der Waals surface area contributed by atoms with Gasteiger partial charge in [0, 0.05) is 18.1 Å². The zero-order valence-electron chi connectivity index (χ0n) is 9.80. The molecule has 0 saturated heterocycles. The van der Waals surface area contributed by atoms with Crippen molar-refractivity contribution < 1.29 is 14.7 Å². The minimum absolute atomic E-state index is 0.125. The van der Waals surface area contributed by atoms with Crippen LogP contribution in [0.2, 0.25) is 10.2 Å². The summed E-state index contributed by atoms with van der Waals surface area (Å²) in [6.45, 7) is 0. The number of hydrogen-bond acceptors (Lipinski definition) is 4. The Bertz CT molecular complexity index is 691. The predicted molar refractivity (Wildman–Crippen MR) is 73.4 cm³/mol. The van der Waals surface area contributed by atoms with Gasteiger partial charge in [-0.1, -0.05) is 23.2 Å². The monoisotopic (exact) mass is 311 g/mol. The molecule has 1 amide bonds. The zero-order chi connectivity index (χ0) is 14.7. The van der Waals surface area contributed by atoms with Crippen LogP contribution in [0.3, 0.4) is 0 Å². The van der Waals surface area contributed by atoms with Crippen LogP contribution < -0.4 is 5.32 Å². The second kappa shape index (κ2) is 5.85. The quantitative estimate of drug-likeness (QED) is 0.850. The van der Waals surface area contributed by atoms with E-state index in [-0.39, 0.29) is 27.1 Å². The van der Waals surface area contributed by atoms with Crippen molar-refractivity contribution in [1.82, 2.24) is 9.97 Å². The third-order valence-electron chi connectivity index (χ3n) is 2.30. The van der Waals surface area contributed by atoms with Gasteiger partial charge in [0.05, 0.1) is 10.6 Å². The van der Waals surface area contributed by atoms with Crippen LogP contribution in [0.4, 0.5) is 5.69 Å². The van der Waals surface area contributed by atoms with Gasteiger partial charge in [-0.25, -0.2) is 14.8 Å². The molecule has 8 heteroatoms. The third kappa shape index (κ3) is 3.23. The summed E-state index contributed by atoms with van der Waals surface area (Å²) in [4.78, 5) is 30.2. The fourth-order valence-corrected chi connectivity index (χ4v) is 1.76. The fourth-order valence-electron chi connectivity index (χ4n) is 1.41. The molecule has 0 aliphatic carbocycles. The number of rotatable bonds is 3. The summed E-state index contributed by atoms with van der Waals surface area (Å²) in [6.07, 6.45) is 2.54. The molecule has 0 atom stereocenters. The summed E-state index contributed by atoms with van der Waals surface area (Å²) in [6, 6.07) is 4.01. The first-order chi connectivity index (χ1) is 9.47. The summed E-state index contributed by atoms with van der Waals surface area (Å²) in [5.74, 6) is -1.71. The summed E-state index contributed by atoms with van der Waals surface area (Å²) in [5.41, 5.74) is 0.244. The molecule has 0 bridgehead atoms. The van der Waals surface area contributed by atoms with Crippen LogP contribution >= 0.6 is 23.2 Å². The molecule has 0 aliphatic rings.